The number of amides is 2. The molecular formula is C25H31N5O3. The lowest BCUT2D eigenvalue weighted by molar-refractivity contribution is -0.125. The van der Waals surface area contributed by atoms with Crippen molar-refractivity contribution in [1.82, 2.24) is 19.7 Å². The van der Waals surface area contributed by atoms with E-state index in [2.05, 4.69) is 10.4 Å². The van der Waals surface area contributed by atoms with Crippen molar-refractivity contribution in [2.24, 2.45) is 7.05 Å². The Morgan fingerprint density at radius 1 is 1.12 bits per heavy atom. The fraction of sp³-hybridized carbons (Fsp3) is 0.400. The second-order valence-electron chi connectivity index (χ2n) is 8.60. The van der Waals surface area contributed by atoms with E-state index < -0.39 is 0 Å². The first kappa shape index (κ1) is 22.6. The highest BCUT2D eigenvalue weighted by atomic mass is 16.5. The molecule has 0 saturated carbocycles. The minimum absolute atomic E-state index is 0.0559. The molecule has 1 aromatic carbocycles. The summed E-state index contributed by atoms with van der Waals surface area (Å²) in [5.41, 5.74) is 2.84. The van der Waals surface area contributed by atoms with Crippen LogP contribution in [0.25, 0.3) is 11.4 Å². The van der Waals surface area contributed by atoms with Crippen molar-refractivity contribution in [2.75, 3.05) is 11.4 Å². The highest BCUT2D eigenvalue weighted by Gasteiger charge is 2.25. The van der Waals surface area contributed by atoms with Gasteiger partial charge in [0.15, 0.2) is 0 Å². The molecule has 0 spiro atoms. The van der Waals surface area contributed by atoms with Crippen molar-refractivity contribution < 1.29 is 14.3 Å². The van der Waals surface area contributed by atoms with E-state index in [1.165, 1.54) is 0 Å². The molecule has 0 bridgehead atoms. The van der Waals surface area contributed by atoms with E-state index >= 15 is 0 Å². The predicted octanol–water partition coefficient (Wildman–Crippen LogP) is 3.51. The molecule has 3 heterocycles. The van der Waals surface area contributed by atoms with Crippen LogP contribution in [-0.4, -0.2) is 38.8 Å². The molecule has 0 unspecified atom stereocenters. The summed E-state index contributed by atoms with van der Waals surface area (Å²) < 4.78 is 9.53. The zero-order valence-electron chi connectivity index (χ0n) is 19.5. The van der Waals surface area contributed by atoms with Gasteiger partial charge in [0.1, 0.15) is 17.3 Å². The normalized spacial score (nSPS) is 13.2. The molecule has 0 aliphatic carbocycles. The van der Waals surface area contributed by atoms with Crippen LogP contribution in [-0.2, 0) is 29.7 Å². The number of ether oxygens (including phenoxy) is 1. The van der Waals surface area contributed by atoms with Crippen LogP contribution in [0.3, 0.4) is 0 Å². The number of carbonyl (C=O) groups excluding carboxylic acids is 2. The third kappa shape index (κ3) is 5.45. The number of hydrogen-bond acceptors (Lipinski definition) is 4. The number of hydrogen-bond donors (Lipinski definition) is 1. The van der Waals surface area contributed by atoms with Gasteiger partial charge in [-0.15, -0.1) is 0 Å². The average molecular weight is 450 g/mol. The smallest absolute Gasteiger partial charge is 0.228 e. The summed E-state index contributed by atoms with van der Waals surface area (Å²) in [6.07, 6.45) is 3.26. The highest BCUT2D eigenvalue weighted by molar-refractivity contribution is 5.95. The van der Waals surface area contributed by atoms with Crippen molar-refractivity contribution >= 4 is 17.6 Å². The van der Waals surface area contributed by atoms with Gasteiger partial charge in [-0.05, 0) is 50.1 Å². The van der Waals surface area contributed by atoms with Crippen molar-refractivity contribution in [2.45, 2.75) is 52.3 Å². The van der Waals surface area contributed by atoms with E-state index in [1.54, 1.807) is 4.90 Å². The van der Waals surface area contributed by atoms with Crippen LogP contribution in [0.2, 0.25) is 0 Å². The Hall–Kier alpha value is -3.55. The molecule has 4 rings (SSSR count). The summed E-state index contributed by atoms with van der Waals surface area (Å²) in [6.45, 7) is 5.81. The minimum atomic E-state index is -0.138. The first-order valence-corrected chi connectivity index (χ1v) is 11.4. The number of nitrogens with one attached hydrogen (secondary N) is 1. The Labute approximate surface area is 194 Å². The standard InChI is InChI=1S/C25H31N5O3/c1-18(2)33-20-9-7-19(8-10-20)17-26-23(31)11-12-25(32)29-14-5-15-30-24(29)16-21(27-30)22-6-4-13-28(22)3/h4,6-10,13,16,18H,5,11-12,14-15,17H2,1-3H3,(H,26,31). The molecule has 8 nitrogen and oxygen atoms in total. The summed E-state index contributed by atoms with van der Waals surface area (Å²) >= 11 is 0. The van der Waals surface area contributed by atoms with Gasteiger partial charge in [0.05, 0.1) is 11.8 Å². The molecule has 3 aromatic rings. The lowest BCUT2D eigenvalue weighted by Gasteiger charge is -2.27. The minimum Gasteiger partial charge on any atom is -0.491 e. The Kier molecular flexibility index (Phi) is 6.82. The zero-order chi connectivity index (χ0) is 23.4. The van der Waals surface area contributed by atoms with Gasteiger partial charge in [-0.1, -0.05) is 12.1 Å². The molecule has 2 amide bonds. The first-order valence-electron chi connectivity index (χ1n) is 11.4. The SMILES string of the molecule is CC(C)Oc1ccc(CNC(=O)CCC(=O)N2CCCn3nc(-c4cccn4C)cc32)cc1. The number of aryl methyl sites for hydroxylation is 2. The average Bonchev–Trinajstić information content (AvgIpc) is 3.42. The van der Waals surface area contributed by atoms with E-state index in [0.29, 0.717) is 13.1 Å². The monoisotopic (exact) mass is 449 g/mol. The molecule has 33 heavy (non-hydrogen) atoms. The molecule has 1 N–H and O–H groups in total. The summed E-state index contributed by atoms with van der Waals surface area (Å²) in [5, 5.41) is 7.58. The quantitative estimate of drug-likeness (QED) is 0.571. The summed E-state index contributed by atoms with van der Waals surface area (Å²) in [6, 6.07) is 13.6. The second-order valence-corrected chi connectivity index (χ2v) is 8.60. The van der Waals surface area contributed by atoms with Crippen molar-refractivity contribution in [3.8, 4) is 17.1 Å². The van der Waals surface area contributed by atoms with Crippen molar-refractivity contribution in [3.63, 3.8) is 0 Å². The molecule has 0 saturated heterocycles. The summed E-state index contributed by atoms with van der Waals surface area (Å²) in [7, 11) is 1.98. The topological polar surface area (TPSA) is 81.4 Å². The van der Waals surface area contributed by atoms with Crippen LogP contribution in [0.1, 0.15) is 38.7 Å². The van der Waals surface area contributed by atoms with Crippen LogP contribution < -0.4 is 15.0 Å². The fourth-order valence-corrected chi connectivity index (χ4v) is 3.99. The highest BCUT2D eigenvalue weighted by Crippen LogP contribution is 2.28. The lowest BCUT2D eigenvalue weighted by atomic mass is 10.2. The number of carbonyl (C=O) groups is 2. The Balaban J connectivity index is 1.30. The van der Waals surface area contributed by atoms with Gasteiger partial charge in [-0.2, -0.15) is 5.10 Å². The maximum absolute atomic E-state index is 12.9. The van der Waals surface area contributed by atoms with Gasteiger partial charge in [-0.25, -0.2) is 4.68 Å². The molecule has 8 heteroatoms. The number of aromatic nitrogens is 3. The van der Waals surface area contributed by atoms with E-state index in [-0.39, 0.29) is 30.8 Å². The number of anilines is 1. The van der Waals surface area contributed by atoms with E-state index in [1.807, 2.05) is 78.8 Å². The maximum Gasteiger partial charge on any atom is 0.228 e. The Bertz CT molecular complexity index is 1110. The lowest BCUT2D eigenvalue weighted by Crippen LogP contribution is -2.38. The van der Waals surface area contributed by atoms with Gasteiger partial charge in [0.2, 0.25) is 11.8 Å². The molecular weight excluding hydrogens is 418 g/mol. The molecule has 1 aliphatic rings. The van der Waals surface area contributed by atoms with Crippen molar-refractivity contribution in [3.05, 3.63) is 54.2 Å². The van der Waals surface area contributed by atoms with Crippen LogP contribution >= 0.6 is 0 Å². The molecule has 174 valence electrons. The second kappa shape index (κ2) is 9.94. The number of nitrogens with zero attached hydrogens (tertiary/aromatic N) is 4. The summed E-state index contributed by atoms with van der Waals surface area (Å²) in [5.74, 6) is 1.41. The van der Waals surface area contributed by atoms with Gasteiger partial charge in [-0.3, -0.25) is 14.5 Å². The third-order valence-corrected chi connectivity index (χ3v) is 5.64. The van der Waals surface area contributed by atoms with Gasteiger partial charge in [0, 0.05) is 51.8 Å². The van der Waals surface area contributed by atoms with E-state index in [9.17, 15) is 9.59 Å². The number of fused-ring (bicyclic) bond motifs is 1. The Morgan fingerprint density at radius 2 is 1.91 bits per heavy atom. The van der Waals surface area contributed by atoms with E-state index in [0.717, 1.165) is 41.5 Å². The molecule has 0 radical (unpaired) electrons. The van der Waals surface area contributed by atoms with Crippen LogP contribution in [0.15, 0.2) is 48.7 Å². The largest absolute Gasteiger partial charge is 0.491 e. The van der Waals surface area contributed by atoms with Crippen molar-refractivity contribution in [1.29, 1.82) is 0 Å². The Morgan fingerprint density at radius 3 is 2.61 bits per heavy atom. The molecule has 1 aliphatic heterocycles. The first-order chi connectivity index (χ1) is 15.9. The third-order valence-electron chi connectivity index (χ3n) is 5.64. The zero-order valence-corrected chi connectivity index (χ0v) is 19.5. The van der Waals surface area contributed by atoms with Gasteiger partial charge in [0.25, 0.3) is 0 Å². The fourth-order valence-electron chi connectivity index (χ4n) is 3.99. The summed E-state index contributed by atoms with van der Waals surface area (Å²) in [4.78, 5) is 27.0. The molecule has 0 fully saturated rings. The molecule has 0 atom stereocenters. The number of benzene rings is 1. The number of rotatable bonds is 8. The van der Waals surface area contributed by atoms with Gasteiger partial charge >= 0.3 is 0 Å². The maximum atomic E-state index is 12.9. The van der Waals surface area contributed by atoms with Crippen LogP contribution in [0, 0.1) is 0 Å². The van der Waals surface area contributed by atoms with Gasteiger partial charge < -0.3 is 14.6 Å². The van der Waals surface area contributed by atoms with Crippen LogP contribution in [0.4, 0.5) is 5.82 Å². The van der Waals surface area contributed by atoms with Crippen LogP contribution in [0.5, 0.6) is 5.75 Å². The molecule has 2 aromatic heterocycles. The predicted molar refractivity (Wildman–Crippen MR) is 127 cm³/mol. The van der Waals surface area contributed by atoms with E-state index in [4.69, 9.17) is 4.74 Å².